The number of piperidine rings is 2. The third kappa shape index (κ3) is 4.43. The highest BCUT2D eigenvalue weighted by Crippen LogP contribution is 2.33. The van der Waals surface area contributed by atoms with Gasteiger partial charge in [-0.15, -0.1) is 11.3 Å². The quantitative estimate of drug-likeness (QED) is 0.759. The van der Waals surface area contributed by atoms with Crippen LogP contribution < -0.4 is 0 Å². The molecule has 0 N–H and O–H groups in total. The summed E-state index contributed by atoms with van der Waals surface area (Å²) in [6.45, 7) is 6.61. The van der Waals surface area contributed by atoms with Gasteiger partial charge in [0.05, 0.1) is 12.5 Å². The summed E-state index contributed by atoms with van der Waals surface area (Å²) in [6, 6.07) is 2.66. The van der Waals surface area contributed by atoms with E-state index in [2.05, 4.69) is 28.2 Å². The maximum absolute atomic E-state index is 13.0. The summed E-state index contributed by atoms with van der Waals surface area (Å²) in [4.78, 5) is 33.1. The van der Waals surface area contributed by atoms with Crippen molar-refractivity contribution in [2.24, 2.45) is 11.8 Å². The van der Waals surface area contributed by atoms with Crippen molar-refractivity contribution in [2.45, 2.75) is 58.0 Å². The van der Waals surface area contributed by atoms with Gasteiger partial charge in [0.2, 0.25) is 11.8 Å². The Morgan fingerprint density at radius 1 is 1.11 bits per heavy atom. The Bertz CT molecular complexity index is 706. The number of hydrogen-bond donors (Lipinski definition) is 0. The van der Waals surface area contributed by atoms with Gasteiger partial charge < -0.3 is 9.80 Å². The average Bonchev–Trinajstić information content (AvgIpc) is 3.50. The molecular weight excluding hydrogens is 370 g/mol. The molecule has 1 atom stereocenters. The largest absolute Gasteiger partial charge is 0.342 e. The van der Waals surface area contributed by atoms with Crippen LogP contribution in [0.5, 0.6) is 0 Å². The molecule has 4 rings (SSSR count). The molecule has 28 heavy (non-hydrogen) atoms. The molecule has 1 saturated carbocycles. The van der Waals surface area contributed by atoms with E-state index in [9.17, 15) is 9.59 Å². The lowest BCUT2D eigenvalue weighted by Crippen LogP contribution is -2.51. The molecule has 2 aliphatic heterocycles. The van der Waals surface area contributed by atoms with Gasteiger partial charge in [-0.1, -0.05) is 0 Å². The zero-order valence-electron chi connectivity index (χ0n) is 17.2. The maximum Gasteiger partial charge on any atom is 0.227 e. The molecule has 3 heterocycles. The van der Waals surface area contributed by atoms with E-state index in [1.54, 1.807) is 11.3 Å². The summed E-state index contributed by atoms with van der Waals surface area (Å²) in [5.74, 6) is 1.12. The maximum atomic E-state index is 13.0. The van der Waals surface area contributed by atoms with Crippen molar-refractivity contribution in [3.63, 3.8) is 0 Å². The van der Waals surface area contributed by atoms with Crippen molar-refractivity contribution in [1.29, 1.82) is 0 Å². The minimum Gasteiger partial charge on any atom is -0.342 e. The molecule has 3 aliphatic rings. The normalized spacial score (nSPS) is 24.4. The summed E-state index contributed by atoms with van der Waals surface area (Å²) in [5, 5.41) is 2.10. The van der Waals surface area contributed by atoms with Crippen LogP contribution in [-0.4, -0.2) is 65.8 Å². The predicted octanol–water partition coefficient (Wildman–Crippen LogP) is 3.13. The summed E-state index contributed by atoms with van der Waals surface area (Å²) in [5.41, 5.74) is 1.28. The van der Waals surface area contributed by atoms with E-state index in [4.69, 9.17) is 0 Å². The van der Waals surface area contributed by atoms with E-state index >= 15 is 0 Å². The number of aryl methyl sites for hydroxylation is 1. The average molecular weight is 404 g/mol. The van der Waals surface area contributed by atoms with E-state index in [-0.39, 0.29) is 5.92 Å². The molecule has 154 valence electrons. The topological polar surface area (TPSA) is 43.9 Å². The molecule has 5 nitrogen and oxygen atoms in total. The van der Waals surface area contributed by atoms with Crippen LogP contribution in [0.25, 0.3) is 0 Å². The van der Waals surface area contributed by atoms with Crippen molar-refractivity contribution < 1.29 is 9.59 Å². The molecule has 3 fully saturated rings. The molecule has 0 radical (unpaired) electrons. The van der Waals surface area contributed by atoms with Gasteiger partial charge in [0.1, 0.15) is 0 Å². The summed E-state index contributed by atoms with van der Waals surface area (Å²) in [7, 11) is 1.95. The van der Waals surface area contributed by atoms with Crippen molar-refractivity contribution in [3.8, 4) is 0 Å². The molecule has 1 aromatic heterocycles. The standard InChI is InChI=1S/C22H33N3O2S/c1-16-9-13-28-20(16)15-23(2)21(26)18-4-3-10-25(14-18)19-7-11-24(12-8-19)22(27)17-5-6-17/h9,13,17-19H,3-8,10-12,14-15H2,1-2H3/t18-/m1/s1. The van der Waals surface area contributed by atoms with Crippen LogP contribution >= 0.6 is 11.3 Å². The number of thiophene rings is 1. The third-order valence-corrected chi connectivity index (χ3v) is 7.75. The van der Waals surface area contributed by atoms with Crippen LogP contribution in [0.1, 0.15) is 49.0 Å². The second kappa shape index (κ2) is 8.54. The van der Waals surface area contributed by atoms with E-state index in [1.807, 2.05) is 11.9 Å². The van der Waals surface area contributed by atoms with Gasteiger partial charge in [-0.25, -0.2) is 0 Å². The van der Waals surface area contributed by atoms with Crippen LogP contribution in [-0.2, 0) is 16.1 Å². The minimum absolute atomic E-state index is 0.116. The minimum atomic E-state index is 0.116. The summed E-state index contributed by atoms with van der Waals surface area (Å²) < 4.78 is 0. The highest BCUT2D eigenvalue weighted by Gasteiger charge is 2.37. The molecule has 1 aliphatic carbocycles. The lowest BCUT2D eigenvalue weighted by atomic mass is 9.92. The first-order chi connectivity index (χ1) is 13.5. The van der Waals surface area contributed by atoms with Gasteiger partial charge in [-0.05, 0) is 69.0 Å². The number of amides is 2. The second-order valence-corrected chi connectivity index (χ2v) is 9.89. The van der Waals surface area contributed by atoms with E-state index in [0.29, 0.717) is 23.8 Å². The molecule has 2 saturated heterocycles. The van der Waals surface area contributed by atoms with Crippen molar-refractivity contribution in [2.75, 3.05) is 33.2 Å². The highest BCUT2D eigenvalue weighted by atomic mass is 32.1. The zero-order valence-corrected chi connectivity index (χ0v) is 18.0. The fourth-order valence-electron chi connectivity index (χ4n) is 4.75. The van der Waals surface area contributed by atoms with Crippen molar-refractivity contribution in [1.82, 2.24) is 14.7 Å². The third-order valence-electron chi connectivity index (χ3n) is 6.75. The summed E-state index contributed by atoms with van der Waals surface area (Å²) in [6.07, 6.45) is 6.40. The summed E-state index contributed by atoms with van der Waals surface area (Å²) >= 11 is 1.74. The van der Waals surface area contributed by atoms with Gasteiger partial charge in [0.25, 0.3) is 0 Å². The van der Waals surface area contributed by atoms with Crippen molar-refractivity contribution >= 4 is 23.2 Å². The highest BCUT2D eigenvalue weighted by molar-refractivity contribution is 7.10. The van der Waals surface area contributed by atoms with Gasteiger partial charge in [0, 0.05) is 43.5 Å². The van der Waals surface area contributed by atoms with Gasteiger partial charge >= 0.3 is 0 Å². The van der Waals surface area contributed by atoms with Crippen molar-refractivity contribution in [3.05, 3.63) is 21.9 Å². The Labute approximate surface area is 172 Å². The fraction of sp³-hybridized carbons (Fsp3) is 0.727. The Kier molecular flexibility index (Phi) is 6.07. The number of rotatable bonds is 5. The second-order valence-electron chi connectivity index (χ2n) is 8.89. The van der Waals surface area contributed by atoms with E-state index < -0.39 is 0 Å². The zero-order chi connectivity index (χ0) is 19.7. The van der Waals surface area contributed by atoms with Crippen LogP contribution in [0.15, 0.2) is 11.4 Å². The number of carbonyl (C=O) groups excluding carboxylic acids is 2. The smallest absolute Gasteiger partial charge is 0.227 e. The lowest BCUT2D eigenvalue weighted by Gasteiger charge is -2.42. The molecule has 0 bridgehead atoms. The number of nitrogens with zero attached hydrogens (tertiary/aromatic N) is 3. The number of likely N-dealkylation sites (tertiary alicyclic amines) is 2. The SMILES string of the molecule is Cc1ccsc1CN(C)C(=O)[C@@H]1CCCN(C2CCN(C(=O)C3CC3)CC2)C1. The molecule has 0 aromatic carbocycles. The molecule has 1 aromatic rings. The monoisotopic (exact) mass is 403 g/mol. The first-order valence-electron chi connectivity index (χ1n) is 10.8. The predicted molar refractivity (Wildman–Crippen MR) is 112 cm³/mol. The number of hydrogen-bond acceptors (Lipinski definition) is 4. The van der Waals surface area contributed by atoms with E-state index in [0.717, 1.165) is 71.2 Å². The Morgan fingerprint density at radius 2 is 1.86 bits per heavy atom. The van der Waals surface area contributed by atoms with Crippen LogP contribution in [0.2, 0.25) is 0 Å². The molecule has 0 spiro atoms. The van der Waals surface area contributed by atoms with Gasteiger partial charge in [-0.2, -0.15) is 0 Å². The van der Waals surface area contributed by atoms with Crippen LogP contribution in [0, 0.1) is 18.8 Å². The Hall–Kier alpha value is -1.40. The van der Waals surface area contributed by atoms with Gasteiger partial charge in [-0.3, -0.25) is 14.5 Å². The molecule has 2 amide bonds. The molecular formula is C22H33N3O2S. The first-order valence-corrected chi connectivity index (χ1v) is 11.7. The molecule has 0 unspecified atom stereocenters. The molecule has 6 heteroatoms. The Morgan fingerprint density at radius 3 is 2.50 bits per heavy atom. The Balaban J connectivity index is 1.28. The lowest BCUT2D eigenvalue weighted by molar-refractivity contribution is -0.137. The van der Waals surface area contributed by atoms with E-state index in [1.165, 1.54) is 10.4 Å². The van der Waals surface area contributed by atoms with Crippen LogP contribution in [0.4, 0.5) is 0 Å². The fourth-order valence-corrected chi connectivity index (χ4v) is 5.71. The number of carbonyl (C=O) groups is 2. The first kappa shape index (κ1) is 19.9. The van der Waals surface area contributed by atoms with Crippen LogP contribution in [0.3, 0.4) is 0 Å². The van der Waals surface area contributed by atoms with Gasteiger partial charge in [0.15, 0.2) is 0 Å².